The van der Waals surface area contributed by atoms with Crippen LogP contribution in [0.3, 0.4) is 0 Å². The lowest BCUT2D eigenvalue weighted by Crippen LogP contribution is -2.26. The van der Waals surface area contributed by atoms with Gasteiger partial charge in [0.05, 0.1) is 21.0 Å². The van der Waals surface area contributed by atoms with Gasteiger partial charge in [0.15, 0.2) is 0 Å². The summed E-state index contributed by atoms with van der Waals surface area (Å²) in [6.45, 7) is 0. The van der Waals surface area contributed by atoms with E-state index in [0.29, 0.717) is 6.07 Å². The fourth-order valence-electron chi connectivity index (χ4n) is 2.99. The molecule has 3 aromatic carbocycles. The number of esters is 1. The summed E-state index contributed by atoms with van der Waals surface area (Å²) in [5, 5.41) is 1.66. The molecule has 36 heavy (non-hydrogen) atoms. The molecule has 0 fully saturated rings. The Bertz CT molecular complexity index is 1360. The van der Waals surface area contributed by atoms with Crippen LogP contribution in [0.4, 0.5) is 27.6 Å². The predicted octanol–water partition coefficient (Wildman–Crippen LogP) is 5.89. The van der Waals surface area contributed by atoms with E-state index < -0.39 is 55.2 Å². The molecule has 13 heteroatoms. The Balaban J connectivity index is 1.87. The molecule has 0 bridgehead atoms. The van der Waals surface area contributed by atoms with Crippen LogP contribution in [-0.4, -0.2) is 26.1 Å². The van der Waals surface area contributed by atoms with Crippen molar-refractivity contribution < 1.29 is 44.7 Å². The van der Waals surface area contributed by atoms with Crippen molar-refractivity contribution in [3.8, 4) is 0 Å². The van der Waals surface area contributed by atoms with E-state index in [1.165, 1.54) is 24.3 Å². The van der Waals surface area contributed by atoms with Crippen molar-refractivity contribution in [2.24, 2.45) is 0 Å². The van der Waals surface area contributed by atoms with Crippen LogP contribution in [0.5, 0.6) is 0 Å². The summed E-state index contributed by atoms with van der Waals surface area (Å²) in [4.78, 5) is 24.8. The molecule has 0 heterocycles. The third-order valence-electron chi connectivity index (χ3n) is 4.76. The average Bonchev–Trinajstić information content (AvgIpc) is 2.83. The Morgan fingerprint density at radius 1 is 0.917 bits per heavy atom. The number of hydrogen-bond donors (Lipinski definition) is 1. The number of ether oxygens (including phenoxy) is 1. The predicted molar refractivity (Wildman–Crippen MR) is 119 cm³/mol. The lowest BCUT2D eigenvalue weighted by molar-refractivity contribution is -0.137. The Kier molecular flexibility index (Phi) is 7.99. The van der Waals surface area contributed by atoms with E-state index in [4.69, 9.17) is 16.3 Å². The Morgan fingerprint density at radius 2 is 1.53 bits per heavy atom. The van der Waals surface area contributed by atoms with Gasteiger partial charge in [-0.25, -0.2) is 13.2 Å². The molecule has 3 aromatic rings. The van der Waals surface area contributed by atoms with Gasteiger partial charge in [0.1, 0.15) is 0 Å². The highest BCUT2D eigenvalue weighted by Crippen LogP contribution is 2.36. The normalized spacial score (nSPS) is 12.8. The molecule has 0 aromatic heterocycles. The summed E-state index contributed by atoms with van der Waals surface area (Å²) >= 11 is 5.59. The first-order valence-electron chi connectivity index (χ1n) is 9.86. The van der Waals surface area contributed by atoms with Crippen LogP contribution in [-0.2, 0) is 25.5 Å². The lowest BCUT2D eigenvalue weighted by Gasteiger charge is -2.19. The van der Waals surface area contributed by atoms with E-state index in [2.05, 4.69) is 5.32 Å². The third-order valence-corrected chi connectivity index (χ3v) is 6.49. The van der Waals surface area contributed by atoms with E-state index in [1.807, 2.05) is 0 Å². The van der Waals surface area contributed by atoms with Crippen LogP contribution in [0.25, 0.3) is 0 Å². The molecule has 0 aliphatic rings. The minimum absolute atomic E-state index is 0.172. The topological polar surface area (TPSA) is 89.5 Å². The van der Waals surface area contributed by atoms with Gasteiger partial charge < -0.3 is 10.1 Å². The molecule has 0 radical (unpaired) electrons. The van der Waals surface area contributed by atoms with E-state index in [9.17, 15) is 40.0 Å². The molecular weight excluding hydrogens is 533 g/mol. The highest BCUT2D eigenvalue weighted by molar-refractivity contribution is 7.91. The number of anilines is 1. The number of alkyl halides is 5. The van der Waals surface area contributed by atoms with Gasteiger partial charge in [0, 0.05) is 11.3 Å². The third kappa shape index (κ3) is 6.18. The van der Waals surface area contributed by atoms with E-state index in [0.717, 1.165) is 36.4 Å². The zero-order valence-electron chi connectivity index (χ0n) is 17.8. The number of carbonyl (C=O) groups excluding carboxylic acids is 2. The highest BCUT2D eigenvalue weighted by Gasteiger charge is 2.34. The summed E-state index contributed by atoms with van der Waals surface area (Å²) in [7, 11) is -4.89. The molecule has 6 nitrogen and oxygen atoms in total. The zero-order chi connectivity index (χ0) is 26.7. The first-order chi connectivity index (χ1) is 16.8. The summed E-state index contributed by atoms with van der Waals surface area (Å²) in [6.07, 6.45) is -6.42. The van der Waals surface area contributed by atoms with E-state index in [-0.39, 0.29) is 16.8 Å². The number of nitrogens with one attached hydrogen (secondary N) is 1. The maximum absolute atomic E-state index is 13.1. The molecule has 0 saturated carbocycles. The van der Waals surface area contributed by atoms with Gasteiger partial charge in [0.2, 0.25) is 15.9 Å². The van der Waals surface area contributed by atoms with Crippen LogP contribution in [0.2, 0.25) is 5.02 Å². The first-order valence-corrected chi connectivity index (χ1v) is 11.8. The fraction of sp³-hybridized carbons (Fsp3) is 0.130. The van der Waals surface area contributed by atoms with E-state index >= 15 is 0 Å². The van der Waals surface area contributed by atoms with Gasteiger partial charge in [-0.1, -0.05) is 41.9 Å². The Labute approximate surface area is 206 Å². The molecular formula is C23H15ClF5NO5S. The molecule has 0 aliphatic heterocycles. The monoisotopic (exact) mass is 547 g/mol. The summed E-state index contributed by atoms with van der Waals surface area (Å²) in [5.74, 6) is -5.78. The number of halogens is 6. The number of hydrogen-bond acceptors (Lipinski definition) is 5. The maximum Gasteiger partial charge on any atom is 0.417 e. The molecule has 1 atom stereocenters. The number of amides is 1. The van der Waals surface area contributed by atoms with Crippen LogP contribution in [0.1, 0.15) is 27.6 Å². The van der Waals surface area contributed by atoms with Crippen LogP contribution in [0.15, 0.2) is 77.7 Å². The molecule has 1 unspecified atom stereocenters. The Morgan fingerprint density at radius 3 is 2.08 bits per heavy atom. The Hall–Kier alpha value is -3.51. The number of sulfone groups is 1. The number of carbonyl (C=O) groups is 2. The molecule has 0 aliphatic carbocycles. The summed E-state index contributed by atoms with van der Waals surface area (Å²) < 4.78 is 93.2. The minimum Gasteiger partial charge on any atom is -0.444 e. The molecule has 0 saturated heterocycles. The van der Waals surface area contributed by atoms with Crippen molar-refractivity contribution in [2.45, 2.75) is 22.9 Å². The van der Waals surface area contributed by atoms with Crippen molar-refractivity contribution in [1.82, 2.24) is 0 Å². The second-order valence-corrected chi connectivity index (χ2v) is 9.53. The van der Waals surface area contributed by atoms with Gasteiger partial charge >= 0.3 is 17.9 Å². The lowest BCUT2D eigenvalue weighted by atomic mass is 10.1. The van der Waals surface area contributed by atoms with Crippen LogP contribution in [0, 0.1) is 0 Å². The quantitative estimate of drug-likeness (QED) is 0.294. The smallest absolute Gasteiger partial charge is 0.417 e. The maximum atomic E-state index is 13.1. The van der Waals surface area contributed by atoms with Crippen LogP contribution < -0.4 is 5.32 Å². The highest BCUT2D eigenvalue weighted by atomic mass is 35.5. The van der Waals surface area contributed by atoms with E-state index in [1.54, 1.807) is 6.07 Å². The number of rotatable bonds is 7. The van der Waals surface area contributed by atoms with Crippen molar-refractivity contribution >= 4 is 39.0 Å². The summed E-state index contributed by atoms with van der Waals surface area (Å²) in [5.41, 5.74) is -1.54. The number of benzene rings is 3. The molecule has 1 N–H and O–H groups in total. The summed E-state index contributed by atoms with van der Waals surface area (Å²) in [6, 6.07) is 13.6. The van der Waals surface area contributed by atoms with Crippen molar-refractivity contribution in [1.29, 1.82) is 0 Å². The SMILES string of the molecule is O=C(OC(C(=O)Nc1ccc(Cl)c(C(F)(F)F)c1)c1ccccc1)c1ccc(S(=O)(=O)C(F)F)cc1. The van der Waals surface area contributed by atoms with Gasteiger partial charge in [-0.15, -0.1) is 0 Å². The second-order valence-electron chi connectivity index (χ2n) is 7.21. The standard InChI is InChI=1S/C23H15ClF5NO5S/c24-18-11-8-15(12-17(18)23(27,28)29)30-20(31)19(13-4-2-1-3-5-13)35-21(32)14-6-9-16(10-7-14)36(33,34)22(25)26/h1-12,19,22H,(H,30,31). The molecule has 190 valence electrons. The van der Waals surface area contributed by atoms with Crippen molar-refractivity contribution in [3.63, 3.8) is 0 Å². The molecule has 0 spiro atoms. The zero-order valence-corrected chi connectivity index (χ0v) is 19.4. The fourth-order valence-corrected chi connectivity index (χ4v) is 3.93. The van der Waals surface area contributed by atoms with Gasteiger partial charge in [-0.2, -0.15) is 22.0 Å². The minimum atomic E-state index is -4.89. The van der Waals surface area contributed by atoms with Crippen molar-refractivity contribution in [2.75, 3.05) is 5.32 Å². The van der Waals surface area contributed by atoms with Crippen molar-refractivity contribution in [3.05, 3.63) is 94.5 Å². The largest absolute Gasteiger partial charge is 0.444 e. The van der Waals surface area contributed by atoms with Crippen LogP contribution >= 0.6 is 11.6 Å². The van der Waals surface area contributed by atoms with Gasteiger partial charge in [-0.05, 0) is 42.5 Å². The van der Waals surface area contributed by atoms with Gasteiger partial charge in [0.25, 0.3) is 5.91 Å². The average molecular weight is 548 g/mol. The second kappa shape index (κ2) is 10.6. The van der Waals surface area contributed by atoms with Gasteiger partial charge in [-0.3, -0.25) is 4.79 Å². The molecule has 1 amide bonds. The first kappa shape index (κ1) is 27.1. The molecule has 3 rings (SSSR count).